The second kappa shape index (κ2) is 5.88. The molecule has 0 spiro atoms. The van der Waals surface area contributed by atoms with E-state index in [0.29, 0.717) is 10.4 Å². The number of aliphatic hydroxyl groups is 1. The van der Waals surface area contributed by atoms with Gasteiger partial charge in [0, 0.05) is 0 Å². The summed E-state index contributed by atoms with van der Waals surface area (Å²) in [5.74, 6) is -0.253. The molecular formula is C13H18BrNO4. The molecule has 1 aromatic heterocycles. The summed E-state index contributed by atoms with van der Waals surface area (Å²) < 4.78 is 11.1. The van der Waals surface area contributed by atoms with Crippen molar-refractivity contribution in [2.45, 2.75) is 38.9 Å². The molecule has 0 bridgehead atoms. The fraction of sp³-hybridized carbons (Fsp3) is 0.538. The minimum absolute atomic E-state index is 0.203. The summed E-state index contributed by atoms with van der Waals surface area (Å²) in [6.45, 7) is 6.36. The highest BCUT2D eigenvalue weighted by Gasteiger charge is 2.36. The molecule has 0 aliphatic carbocycles. The van der Waals surface area contributed by atoms with Crippen molar-refractivity contribution >= 4 is 21.9 Å². The molecule has 106 valence electrons. The Morgan fingerprint density at radius 2 is 2.00 bits per heavy atom. The zero-order valence-corrected chi connectivity index (χ0v) is 13.0. The minimum atomic E-state index is -1.71. The molecule has 0 amide bonds. The molecule has 0 unspecified atom stereocenters. The fourth-order valence-corrected chi connectivity index (χ4v) is 1.35. The standard InChI is InChI=1S/C13H18BrNO4/c1-12(2,3)19-11(16)13(4,17)8-18-9-5-6-10(14)15-7-9/h5-7,17H,8H2,1-4H3/t13-/m0/s1. The molecule has 1 rings (SSSR count). The second-order valence-electron chi connectivity index (χ2n) is 5.38. The fourth-order valence-electron chi connectivity index (χ4n) is 1.12. The molecule has 0 radical (unpaired) electrons. The van der Waals surface area contributed by atoms with Gasteiger partial charge in [0.1, 0.15) is 22.6 Å². The van der Waals surface area contributed by atoms with E-state index < -0.39 is 17.2 Å². The van der Waals surface area contributed by atoms with Crippen LogP contribution in [0.5, 0.6) is 5.75 Å². The van der Waals surface area contributed by atoms with Crippen LogP contribution < -0.4 is 4.74 Å². The average Bonchev–Trinajstić information content (AvgIpc) is 2.26. The lowest BCUT2D eigenvalue weighted by Gasteiger charge is -2.27. The van der Waals surface area contributed by atoms with E-state index >= 15 is 0 Å². The number of carbonyl (C=O) groups excluding carboxylic acids is 1. The van der Waals surface area contributed by atoms with Gasteiger partial charge in [-0.15, -0.1) is 0 Å². The molecule has 1 heterocycles. The minimum Gasteiger partial charge on any atom is -0.488 e. The number of hydrogen-bond acceptors (Lipinski definition) is 5. The SMILES string of the molecule is CC(C)(C)OC(=O)[C@@](C)(O)COc1ccc(Br)nc1. The van der Waals surface area contributed by atoms with E-state index in [2.05, 4.69) is 20.9 Å². The first-order valence-electron chi connectivity index (χ1n) is 5.80. The first-order chi connectivity index (χ1) is 8.60. The van der Waals surface area contributed by atoms with Gasteiger partial charge < -0.3 is 14.6 Å². The number of halogens is 1. The van der Waals surface area contributed by atoms with E-state index in [0.717, 1.165) is 0 Å². The number of nitrogens with zero attached hydrogens (tertiary/aromatic N) is 1. The lowest BCUT2D eigenvalue weighted by molar-refractivity contribution is -0.178. The van der Waals surface area contributed by atoms with Crippen LogP contribution in [0.25, 0.3) is 0 Å². The monoisotopic (exact) mass is 331 g/mol. The maximum Gasteiger partial charge on any atom is 0.341 e. The van der Waals surface area contributed by atoms with E-state index in [9.17, 15) is 9.90 Å². The van der Waals surface area contributed by atoms with E-state index in [-0.39, 0.29) is 6.61 Å². The molecule has 1 atom stereocenters. The molecule has 0 aliphatic heterocycles. The predicted octanol–water partition coefficient (Wildman–Crippen LogP) is 2.32. The van der Waals surface area contributed by atoms with Crippen molar-refractivity contribution in [3.8, 4) is 5.75 Å². The Balaban J connectivity index is 2.59. The molecule has 0 aromatic carbocycles. The van der Waals surface area contributed by atoms with Gasteiger partial charge in [-0.25, -0.2) is 9.78 Å². The quantitative estimate of drug-likeness (QED) is 0.677. The van der Waals surface area contributed by atoms with Crippen molar-refractivity contribution in [3.63, 3.8) is 0 Å². The van der Waals surface area contributed by atoms with Crippen molar-refractivity contribution in [2.24, 2.45) is 0 Å². The largest absolute Gasteiger partial charge is 0.488 e. The van der Waals surface area contributed by atoms with Crippen LogP contribution in [0.1, 0.15) is 27.7 Å². The molecule has 5 nitrogen and oxygen atoms in total. The summed E-state index contributed by atoms with van der Waals surface area (Å²) in [5, 5.41) is 10.0. The summed E-state index contributed by atoms with van der Waals surface area (Å²) in [4.78, 5) is 15.8. The first-order valence-corrected chi connectivity index (χ1v) is 6.60. The van der Waals surface area contributed by atoms with Crippen LogP contribution in [0, 0.1) is 0 Å². The molecule has 6 heteroatoms. The van der Waals surface area contributed by atoms with Crippen LogP contribution in [0.4, 0.5) is 0 Å². The maximum absolute atomic E-state index is 11.8. The Morgan fingerprint density at radius 1 is 1.37 bits per heavy atom. The van der Waals surface area contributed by atoms with Crippen LogP contribution >= 0.6 is 15.9 Å². The zero-order valence-electron chi connectivity index (χ0n) is 11.4. The van der Waals surface area contributed by atoms with Crippen LogP contribution in [0.3, 0.4) is 0 Å². The van der Waals surface area contributed by atoms with Gasteiger partial charge in [0.25, 0.3) is 0 Å². The van der Waals surface area contributed by atoms with E-state index in [4.69, 9.17) is 9.47 Å². The Bertz CT molecular complexity index is 437. The van der Waals surface area contributed by atoms with Gasteiger partial charge in [-0.2, -0.15) is 0 Å². The van der Waals surface area contributed by atoms with Gasteiger partial charge >= 0.3 is 5.97 Å². The van der Waals surface area contributed by atoms with Gasteiger partial charge in [0.2, 0.25) is 0 Å². The van der Waals surface area contributed by atoms with Gasteiger partial charge in [-0.1, -0.05) is 0 Å². The molecule has 0 saturated carbocycles. The summed E-state index contributed by atoms with van der Waals surface area (Å²) >= 11 is 3.20. The summed E-state index contributed by atoms with van der Waals surface area (Å²) in [5.41, 5.74) is -2.36. The number of aromatic nitrogens is 1. The normalized spacial score (nSPS) is 14.6. The van der Waals surface area contributed by atoms with Crippen molar-refractivity contribution in [3.05, 3.63) is 22.9 Å². The Labute approximate surface area is 121 Å². The van der Waals surface area contributed by atoms with E-state index in [1.54, 1.807) is 32.9 Å². The number of pyridine rings is 1. The number of rotatable bonds is 4. The Hall–Kier alpha value is -1.14. The summed E-state index contributed by atoms with van der Waals surface area (Å²) in [6.07, 6.45) is 1.50. The number of carbonyl (C=O) groups is 1. The van der Waals surface area contributed by atoms with Crippen molar-refractivity contribution < 1.29 is 19.4 Å². The second-order valence-corrected chi connectivity index (χ2v) is 6.19. The molecule has 0 saturated heterocycles. The van der Waals surface area contributed by atoms with Gasteiger partial charge in [0.15, 0.2) is 5.60 Å². The predicted molar refractivity (Wildman–Crippen MR) is 73.9 cm³/mol. The molecule has 1 N–H and O–H groups in total. The van der Waals surface area contributed by atoms with Crippen molar-refractivity contribution in [1.29, 1.82) is 0 Å². The maximum atomic E-state index is 11.8. The number of esters is 1. The first kappa shape index (κ1) is 15.9. The Morgan fingerprint density at radius 3 is 2.47 bits per heavy atom. The summed E-state index contributed by atoms with van der Waals surface area (Å²) in [6, 6.07) is 3.39. The highest BCUT2D eigenvalue weighted by atomic mass is 79.9. The van der Waals surface area contributed by atoms with E-state index in [1.165, 1.54) is 13.1 Å². The average molecular weight is 332 g/mol. The van der Waals surface area contributed by atoms with Crippen LogP contribution in [0.2, 0.25) is 0 Å². The number of hydrogen-bond donors (Lipinski definition) is 1. The molecule has 0 aliphatic rings. The zero-order chi connectivity index (χ0) is 14.7. The van der Waals surface area contributed by atoms with Crippen LogP contribution in [-0.4, -0.2) is 33.9 Å². The lowest BCUT2D eigenvalue weighted by atomic mass is 10.1. The number of ether oxygens (including phenoxy) is 2. The third kappa shape index (κ3) is 5.57. The van der Waals surface area contributed by atoms with Crippen LogP contribution in [0.15, 0.2) is 22.9 Å². The van der Waals surface area contributed by atoms with Gasteiger partial charge in [-0.3, -0.25) is 0 Å². The highest BCUT2D eigenvalue weighted by Crippen LogP contribution is 2.17. The van der Waals surface area contributed by atoms with E-state index in [1.807, 2.05) is 0 Å². The van der Waals surface area contributed by atoms with Gasteiger partial charge in [-0.05, 0) is 55.8 Å². The van der Waals surface area contributed by atoms with Crippen molar-refractivity contribution in [1.82, 2.24) is 4.98 Å². The molecule has 1 aromatic rings. The molecular weight excluding hydrogens is 314 g/mol. The summed E-state index contributed by atoms with van der Waals surface area (Å²) in [7, 11) is 0. The third-order valence-electron chi connectivity index (χ3n) is 2.06. The third-order valence-corrected chi connectivity index (χ3v) is 2.53. The smallest absolute Gasteiger partial charge is 0.341 e. The topological polar surface area (TPSA) is 68.7 Å². The Kier molecular flexibility index (Phi) is 4.92. The highest BCUT2D eigenvalue weighted by molar-refractivity contribution is 9.10. The van der Waals surface area contributed by atoms with Gasteiger partial charge in [0.05, 0.1) is 6.20 Å². The lowest BCUT2D eigenvalue weighted by Crippen LogP contribution is -2.45. The molecule has 19 heavy (non-hydrogen) atoms. The van der Waals surface area contributed by atoms with Crippen molar-refractivity contribution in [2.75, 3.05) is 6.61 Å². The molecule has 0 fully saturated rings. The van der Waals surface area contributed by atoms with Crippen LogP contribution in [-0.2, 0) is 9.53 Å².